The zero-order valence-corrected chi connectivity index (χ0v) is 19.0. The smallest absolute Gasteiger partial charge is 0.335 e. The van der Waals surface area contributed by atoms with E-state index >= 15 is 0 Å². The lowest BCUT2D eigenvalue weighted by atomic mass is 10.1. The number of imide groups is 2. The van der Waals surface area contributed by atoms with Crippen LogP contribution in [0, 0.1) is 5.82 Å². The summed E-state index contributed by atoms with van der Waals surface area (Å²) >= 11 is 0. The molecule has 1 fully saturated rings. The Morgan fingerprint density at radius 2 is 1.78 bits per heavy atom. The van der Waals surface area contributed by atoms with E-state index < -0.39 is 29.6 Å². The number of ether oxygens (including phenoxy) is 3. The van der Waals surface area contributed by atoms with Crippen LogP contribution in [-0.2, 0) is 14.4 Å². The van der Waals surface area contributed by atoms with Crippen molar-refractivity contribution in [3.8, 4) is 17.2 Å². The third-order valence-corrected chi connectivity index (χ3v) is 5.42. The number of carbonyl (C=O) groups excluding carboxylic acids is 4. The van der Waals surface area contributed by atoms with Gasteiger partial charge in [0.2, 0.25) is 6.79 Å². The largest absolute Gasteiger partial charge is 0.483 e. The minimum atomic E-state index is -0.909. The van der Waals surface area contributed by atoms with Crippen molar-refractivity contribution in [3.05, 3.63) is 83.7 Å². The molecule has 0 atom stereocenters. The molecule has 37 heavy (non-hydrogen) atoms. The molecule has 3 aromatic rings. The molecule has 1 saturated heterocycles. The maximum Gasteiger partial charge on any atom is 0.335 e. The second kappa shape index (κ2) is 9.82. The van der Waals surface area contributed by atoms with Gasteiger partial charge >= 0.3 is 6.03 Å². The van der Waals surface area contributed by atoms with Gasteiger partial charge < -0.3 is 19.5 Å². The molecular weight excluding hydrogens is 485 g/mol. The summed E-state index contributed by atoms with van der Waals surface area (Å²) in [7, 11) is 0. The molecule has 0 aromatic heterocycles. The number of hydrogen-bond acceptors (Lipinski definition) is 7. The molecule has 5 rings (SSSR count). The van der Waals surface area contributed by atoms with Crippen LogP contribution in [0.4, 0.5) is 20.6 Å². The molecule has 2 aliphatic rings. The molecule has 186 valence electrons. The number of nitrogens with one attached hydrogen (secondary N) is 2. The second-order valence-corrected chi connectivity index (χ2v) is 7.88. The number of anilines is 2. The summed E-state index contributed by atoms with van der Waals surface area (Å²) in [5, 5.41) is 4.73. The number of fused-ring (bicyclic) bond motifs is 1. The van der Waals surface area contributed by atoms with Crippen LogP contribution in [0.3, 0.4) is 0 Å². The predicted molar refractivity (Wildman–Crippen MR) is 129 cm³/mol. The zero-order valence-electron chi connectivity index (χ0n) is 19.0. The SMILES string of the molecule is O=C(COc1ccccc1/C=C1\C(=O)NC(=O)N(c2ccc3c(c2)OCO3)C1=O)Nc1ccc(F)cc1. The fourth-order valence-corrected chi connectivity index (χ4v) is 3.68. The van der Waals surface area contributed by atoms with Crippen LogP contribution >= 0.6 is 0 Å². The van der Waals surface area contributed by atoms with Crippen molar-refractivity contribution in [1.82, 2.24) is 5.32 Å². The number of urea groups is 1. The lowest BCUT2D eigenvalue weighted by molar-refractivity contribution is -0.122. The first-order valence-corrected chi connectivity index (χ1v) is 11.0. The molecule has 0 unspecified atom stereocenters. The summed E-state index contributed by atoms with van der Waals surface area (Å²) in [5.74, 6) is -1.62. The Morgan fingerprint density at radius 3 is 2.59 bits per heavy atom. The number of para-hydroxylation sites is 1. The van der Waals surface area contributed by atoms with Gasteiger partial charge in [-0.2, -0.15) is 0 Å². The Bertz CT molecular complexity index is 1450. The Morgan fingerprint density at radius 1 is 1.03 bits per heavy atom. The minimum Gasteiger partial charge on any atom is -0.483 e. The summed E-state index contributed by atoms with van der Waals surface area (Å²) in [5.41, 5.74) is 0.593. The molecule has 10 nitrogen and oxygen atoms in total. The predicted octanol–water partition coefficient (Wildman–Crippen LogP) is 3.24. The van der Waals surface area contributed by atoms with E-state index in [1.54, 1.807) is 30.3 Å². The van der Waals surface area contributed by atoms with Gasteiger partial charge in [0.05, 0.1) is 5.69 Å². The Labute approximate surface area is 209 Å². The molecule has 0 saturated carbocycles. The van der Waals surface area contributed by atoms with Gasteiger partial charge in [-0.15, -0.1) is 0 Å². The standard InChI is InChI=1S/C26H18FN3O7/c27-16-5-7-17(8-6-16)28-23(31)13-35-20-4-2-1-3-15(20)11-19-24(32)29-26(34)30(25(19)33)18-9-10-21-22(12-18)37-14-36-21/h1-12H,13-14H2,(H,28,31)(H,29,32,34)/b19-11+. The lowest BCUT2D eigenvalue weighted by Crippen LogP contribution is -2.54. The third kappa shape index (κ3) is 4.96. The van der Waals surface area contributed by atoms with Crippen LogP contribution in [0.2, 0.25) is 0 Å². The highest BCUT2D eigenvalue weighted by Crippen LogP contribution is 2.36. The first-order chi connectivity index (χ1) is 17.9. The van der Waals surface area contributed by atoms with Crippen LogP contribution < -0.4 is 29.7 Å². The van der Waals surface area contributed by atoms with Crippen LogP contribution in [0.5, 0.6) is 17.2 Å². The molecule has 2 aliphatic heterocycles. The van der Waals surface area contributed by atoms with Gasteiger partial charge in [-0.05, 0) is 48.5 Å². The number of nitrogens with zero attached hydrogens (tertiary/aromatic N) is 1. The number of rotatable bonds is 6. The van der Waals surface area contributed by atoms with Crippen LogP contribution in [0.15, 0.2) is 72.3 Å². The van der Waals surface area contributed by atoms with E-state index in [2.05, 4.69) is 10.6 Å². The van der Waals surface area contributed by atoms with Crippen LogP contribution in [0.1, 0.15) is 5.56 Å². The topological polar surface area (TPSA) is 123 Å². The number of carbonyl (C=O) groups is 4. The van der Waals surface area contributed by atoms with E-state index in [4.69, 9.17) is 14.2 Å². The Balaban J connectivity index is 1.35. The maximum absolute atomic E-state index is 13.2. The molecule has 0 spiro atoms. The van der Waals surface area contributed by atoms with Gasteiger partial charge in [0, 0.05) is 17.3 Å². The molecular formula is C26H18FN3O7. The summed E-state index contributed by atoms with van der Waals surface area (Å²) in [6, 6.07) is 15.3. The fraction of sp³-hybridized carbons (Fsp3) is 0.0769. The van der Waals surface area contributed by atoms with Gasteiger partial charge in [0.25, 0.3) is 17.7 Å². The molecule has 11 heteroatoms. The molecule has 3 aromatic carbocycles. The quantitative estimate of drug-likeness (QED) is 0.391. The van der Waals surface area contributed by atoms with Crippen LogP contribution in [0.25, 0.3) is 6.08 Å². The normalized spacial score (nSPS) is 15.5. The van der Waals surface area contributed by atoms with Gasteiger partial charge in [-0.25, -0.2) is 14.1 Å². The van der Waals surface area contributed by atoms with E-state index in [1.165, 1.54) is 42.5 Å². The van der Waals surface area contributed by atoms with Crippen LogP contribution in [-0.4, -0.2) is 37.2 Å². The molecule has 5 amide bonds. The van der Waals surface area contributed by atoms with Crippen molar-refractivity contribution in [1.29, 1.82) is 0 Å². The van der Waals surface area contributed by atoms with Crippen molar-refractivity contribution >= 4 is 41.2 Å². The maximum atomic E-state index is 13.2. The van der Waals surface area contributed by atoms with Crippen molar-refractivity contribution in [2.24, 2.45) is 0 Å². The van der Waals surface area contributed by atoms with Gasteiger partial charge in [-0.3, -0.25) is 19.7 Å². The molecule has 2 N–H and O–H groups in total. The Hall–Kier alpha value is -5.19. The third-order valence-electron chi connectivity index (χ3n) is 5.42. The summed E-state index contributed by atoms with van der Waals surface area (Å²) in [6.45, 7) is -0.374. The average Bonchev–Trinajstić information content (AvgIpc) is 3.35. The molecule has 2 heterocycles. The van der Waals surface area contributed by atoms with E-state index in [0.29, 0.717) is 22.7 Å². The summed E-state index contributed by atoms with van der Waals surface area (Å²) in [4.78, 5) is 51.4. The molecule has 0 aliphatic carbocycles. The minimum absolute atomic E-state index is 0.0152. The van der Waals surface area contributed by atoms with Crippen molar-refractivity contribution in [2.45, 2.75) is 0 Å². The monoisotopic (exact) mass is 503 g/mol. The van der Waals surface area contributed by atoms with Crippen molar-refractivity contribution in [3.63, 3.8) is 0 Å². The molecule has 0 bridgehead atoms. The fourth-order valence-electron chi connectivity index (χ4n) is 3.68. The van der Waals surface area contributed by atoms with Gasteiger partial charge in [0.1, 0.15) is 17.1 Å². The first-order valence-electron chi connectivity index (χ1n) is 11.0. The molecule has 0 radical (unpaired) electrons. The second-order valence-electron chi connectivity index (χ2n) is 7.88. The van der Waals surface area contributed by atoms with E-state index in [0.717, 1.165) is 4.90 Å². The van der Waals surface area contributed by atoms with E-state index in [-0.39, 0.29) is 30.4 Å². The number of benzene rings is 3. The van der Waals surface area contributed by atoms with Gasteiger partial charge in [-0.1, -0.05) is 18.2 Å². The first kappa shape index (κ1) is 23.5. The number of barbiturate groups is 1. The average molecular weight is 503 g/mol. The number of hydrogen-bond donors (Lipinski definition) is 2. The van der Waals surface area contributed by atoms with E-state index in [9.17, 15) is 23.6 Å². The lowest BCUT2D eigenvalue weighted by Gasteiger charge is -2.26. The highest BCUT2D eigenvalue weighted by molar-refractivity contribution is 6.39. The van der Waals surface area contributed by atoms with Crippen molar-refractivity contribution in [2.75, 3.05) is 23.6 Å². The highest BCUT2D eigenvalue weighted by atomic mass is 19.1. The van der Waals surface area contributed by atoms with Gasteiger partial charge in [0.15, 0.2) is 18.1 Å². The Kier molecular flexibility index (Phi) is 6.25. The van der Waals surface area contributed by atoms with E-state index in [1.807, 2.05) is 0 Å². The number of halogens is 1. The van der Waals surface area contributed by atoms with Crippen molar-refractivity contribution < 1.29 is 37.8 Å². The zero-order chi connectivity index (χ0) is 25.9. The summed E-state index contributed by atoms with van der Waals surface area (Å²) < 4.78 is 29.2. The summed E-state index contributed by atoms with van der Waals surface area (Å²) in [6.07, 6.45) is 1.28. The number of amides is 5. The highest BCUT2D eigenvalue weighted by Gasteiger charge is 2.37.